The van der Waals surface area contributed by atoms with Crippen LogP contribution in [-0.2, 0) is 6.54 Å². The number of pyridine rings is 1. The third-order valence-electron chi connectivity index (χ3n) is 5.82. The minimum Gasteiger partial charge on any atom is -0.310 e. The van der Waals surface area contributed by atoms with Crippen molar-refractivity contribution in [3.05, 3.63) is 94.3 Å². The molecule has 0 atom stereocenters. The first kappa shape index (κ1) is 26.6. The molecule has 0 saturated heterocycles. The number of nitrogens with one attached hydrogen (secondary N) is 1. The monoisotopic (exact) mass is 490 g/mol. The van der Waals surface area contributed by atoms with Gasteiger partial charge in [-0.2, -0.15) is 4.98 Å². The number of aryl methyl sites for hydroxylation is 2. The third-order valence-corrected chi connectivity index (χ3v) is 6.82. The number of allylic oxidation sites excluding steroid dienone is 1. The molecule has 0 radical (unpaired) electrons. The molecule has 0 spiro atoms. The molecule has 3 rings (SSSR count). The molecule has 5 nitrogen and oxygen atoms in total. The van der Waals surface area contributed by atoms with Crippen molar-refractivity contribution in [3.63, 3.8) is 0 Å². The topological polar surface area (TPSA) is 66.7 Å². The van der Waals surface area contributed by atoms with Crippen molar-refractivity contribution in [2.75, 3.05) is 5.75 Å². The first-order valence-electron chi connectivity index (χ1n) is 12.6. The van der Waals surface area contributed by atoms with E-state index in [9.17, 15) is 9.59 Å². The molecule has 2 aromatic heterocycles. The number of nitrogens with zero attached hydrogens (tertiary/aromatic N) is 2. The van der Waals surface area contributed by atoms with Gasteiger partial charge < -0.3 is 4.98 Å². The van der Waals surface area contributed by atoms with Gasteiger partial charge in [0.15, 0.2) is 18.2 Å². The second-order valence-corrected chi connectivity index (χ2v) is 9.93. The molecule has 0 fully saturated rings. The van der Waals surface area contributed by atoms with Gasteiger partial charge in [0.1, 0.15) is 11.6 Å². The van der Waals surface area contributed by atoms with E-state index >= 15 is 0 Å². The Labute approximate surface area is 212 Å². The van der Waals surface area contributed by atoms with E-state index in [1.165, 1.54) is 51.4 Å². The highest BCUT2D eigenvalue weighted by atomic mass is 32.2. The summed E-state index contributed by atoms with van der Waals surface area (Å²) in [5.74, 6) is 1.05. The number of unbranched alkanes of at least 4 members (excludes halogenated alkanes) is 7. The maximum Gasteiger partial charge on any atom is 0.346 e. The Bertz CT molecular complexity index is 1120. The maximum atomic E-state index is 12.2. The predicted molar refractivity (Wildman–Crippen MR) is 144 cm³/mol. The summed E-state index contributed by atoms with van der Waals surface area (Å²) in [4.78, 5) is 30.2. The summed E-state index contributed by atoms with van der Waals surface area (Å²) in [7, 11) is 0. The zero-order valence-electron chi connectivity index (χ0n) is 20.6. The van der Waals surface area contributed by atoms with Crippen LogP contribution in [0.5, 0.6) is 0 Å². The Hall–Kier alpha value is -2.99. The first-order chi connectivity index (χ1) is 17.1. The van der Waals surface area contributed by atoms with E-state index in [0.29, 0.717) is 5.56 Å². The summed E-state index contributed by atoms with van der Waals surface area (Å²) in [6, 6.07) is 15.4. The summed E-state index contributed by atoms with van der Waals surface area (Å²) in [6.07, 6.45) is 17.7. The van der Waals surface area contributed by atoms with Gasteiger partial charge in [-0.3, -0.25) is 4.79 Å². The van der Waals surface area contributed by atoms with Gasteiger partial charge in [0.2, 0.25) is 0 Å². The summed E-state index contributed by atoms with van der Waals surface area (Å²) in [6.45, 7) is 2.92. The van der Waals surface area contributed by atoms with Gasteiger partial charge in [-0.05, 0) is 43.2 Å². The lowest BCUT2D eigenvalue weighted by Gasteiger charge is -2.03. The molecule has 184 valence electrons. The van der Waals surface area contributed by atoms with E-state index in [-0.39, 0.29) is 11.5 Å². The second kappa shape index (κ2) is 15.1. The second-order valence-electron chi connectivity index (χ2n) is 8.82. The largest absolute Gasteiger partial charge is 0.346 e. The summed E-state index contributed by atoms with van der Waals surface area (Å²) >= 11 is 1.67. The van der Waals surface area contributed by atoms with Gasteiger partial charge in [0.25, 0.3) is 0 Å². The Morgan fingerprint density at radius 2 is 1.60 bits per heavy atom. The highest BCUT2D eigenvalue weighted by Gasteiger charge is 2.03. The molecule has 0 bridgehead atoms. The van der Waals surface area contributed by atoms with Crippen molar-refractivity contribution in [3.8, 4) is 0 Å². The fraction of sp³-hybridized carbons (Fsp3) is 0.379. The average molecular weight is 491 g/mol. The predicted octanol–water partition coefficient (Wildman–Crippen LogP) is 6.18. The van der Waals surface area contributed by atoms with E-state index in [1.807, 2.05) is 49.4 Å². The highest BCUT2D eigenvalue weighted by Crippen LogP contribution is 2.17. The van der Waals surface area contributed by atoms with Crippen LogP contribution in [0.25, 0.3) is 6.08 Å². The van der Waals surface area contributed by atoms with Crippen LogP contribution in [-0.4, -0.2) is 21.5 Å². The zero-order valence-corrected chi connectivity index (χ0v) is 21.4. The Balaban J connectivity index is 1.20. The number of ketones is 1. The van der Waals surface area contributed by atoms with E-state index in [1.54, 1.807) is 17.8 Å². The molecular formula is C29H36N3O2S+. The summed E-state index contributed by atoms with van der Waals surface area (Å²) in [5, 5.41) is 0.827. The van der Waals surface area contributed by atoms with Crippen LogP contribution in [0, 0.1) is 6.92 Å². The molecule has 6 heteroatoms. The number of thioether (sulfide) groups is 1. The molecule has 0 amide bonds. The third kappa shape index (κ3) is 10.4. The fourth-order valence-corrected chi connectivity index (χ4v) is 4.82. The highest BCUT2D eigenvalue weighted by molar-refractivity contribution is 7.99. The molecule has 35 heavy (non-hydrogen) atoms. The number of aromatic nitrogens is 3. The van der Waals surface area contributed by atoms with Crippen LogP contribution in [0.15, 0.2) is 76.8 Å². The van der Waals surface area contributed by atoms with Crippen LogP contribution < -0.4 is 10.3 Å². The standard InChI is InChI=1S/C29H35N3O2S/c1-24-23-28(31-29(34)30-24)35-22-12-7-5-3-2-4-6-11-19-32-20-17-25(18-21-32)15-16-27(33)26-13-9-8-10-14-26/h8-10,13-18,20-21,23H,2-7,11-12,19,22H2,1H3/p+1/b16-15+. The lowest BCUT2D eigenvalue weighted by molar-refractivity contribution is -0.697. The molecule has 0 saturated carbocycles. The van der Waals surface area contributed by atoms with Crippen molar-refractivity contribution < 1.29 is 9.36 Å². The smallest absolute Gasteiger partial charge is 0.310 e. The van der Waals surface area contributed by atoms with Crippen molar-refractivity contribution in [2.24, 2.45) is 0 Å². The van der Waals surface area contributed by atoms with Crippen LogP contribution in [0.1, 0.15) is 73.0 Å². The van der Waals surface area contributed by atoms with E-state index in [2.05, 4.69) is 39.1 Å². The molecule has 1 N–H and O–H groups in total. The van der Waals surface area contributed by atoms with Crippen LogP contribution >= 0.6 is 11.8 Å². The molecule has 1 aromatic carbocycles. The normalized spacial score (nSPS) is 11.2. The maximum absolute atomic E-state index is 12.2. The first-order valence-corrected chi connectivity index (χ1v) is 13.6. The molecule has 0 aliphatic carbocycles. The SMILES string of the molecule is Cc1cc(SCCCCCCCCCC[n+]2ccc(/C=C/C(=O)c3ccccc3)cc2)nc(=O)[nH]1. The molecule has 3 aromatic rings. The lowest BCUT2D eigenvalue weighted by Crippen LogP contribution is -2.32. The summed E-state index contributed by atoms with van der Waals surface area (Å²) < 4.78 is 2.21. The fourth-order valence-electron chi connectivity index (χ4n) is 3.86. The Kier molecular flexibility index (Phi) is 11.5. The number of hydrogen-bond acceptors (Lipinski definition) is 4. The van der Waals surface area contributed by atoms with Gasteiger partial charge in [0, 0.05) is 29.8 Å². The number of carbonyl (C=O) groups is 1. The molecule has 0 aliphatic rings. The number of H-pyrrole nitrogens is 1. The lowest BCUT2D eigenvalue weighted by atomic mass is 10.1. The van der Waals surface area contributed by atoms with Gasteiger partial charge in [-0.25, -0.2) is 9.36 Å². The van der Waals surface area contributed by atoms with E-state index in [0.717, 1.165) is 28.6 Å². The van der Waals surface area contributed by atoms with Gasteiger partial charge in [-0.1, -0.05) is 68.5 Å². The quantitative estimate of drug-likeness (QED) is 0.0690. The van der Waals surface area contributed by atoms with Crippen molar-refractivity contribution >= 4 is 23.6 Å². The Morgan fingerprint density at radius 3 is 2.29 bits per heavy atom. The summed E-state index contributed by atoms with van der Waals surface area (Å²) in [5.41, 5.74) is 2.36. The van der Waals surface area contributed by atoms with Crippen molar-refractivity contribution in [1.82, 2.24) is 9.97 Å². The van der Waals surface area contributed by atoms with Crippen LogP contribution in [0.3, 0.4) is 0 Å². The number of carbonyl (C=O) groups excluding carboxylic acids is 1. The minimum absolute atomic E-state index is 0.0265. The molecule has 0 aliphatic heterocycles. The average Bonchev–Trinajstić information content (AvgIpc) is 2.86. The van der Waals surface area contributed by atoms with Crippen LogP contribution in [0.4, 0.5) is 0 Å². The molecule has 2 heterocycles. The minimum atomic E-state index is -0.257. The molecular weight excluding hydrogens is 454 g/mol. The number of hydrogen-bond donors (Lipinski definition) is 1. The van der Waals surface area contributed by atoms with E-state index in [4.69, 9.17) is 0 Å². The molecule has 0 unspecified atom stereocenters. The zero-order chi connectivity index (χ0) is 24.7. The van der Waals surface area contributed by atoms with Crippen molar-refractivity contribution in [1.29, 1.82) is 0 Å². The number of rotatable bonds is 15. The van der Waals surface area contributed by atoms with Crippen LogP contribution in [0.2, 0.25) is 0 Å². The van der Waals surface area contributed by atoms with E-state index < -0.39 is 0 Å². The number of benzene rings is 1. The Morgan fingerprint density at radius 1 is 0.943 bits per heavy atom. The van der Waals surface area contributed by atoms with Gasteiger partial charge >= 0.3 is 5.69 Å². The van der Waals surface area contributed by atoms with Gasteiger partial charge in [0.05, 0.1) is 0 Å². The van der Waals surface area contributed by atoms with Crippen molar-refractivity contribution in [2.45, 2.75) is 69.9 Å². The van der Waals surface area contributed by atoms with Gasteiger partial charge in [-0.15, -0.1) is 11.8 Å². The number of aromatic amines is 1.